The lowest BCUT2D eigenvalue weighted by atomic mass is 9.88. The molecule has 1 aromatic heterocycles. The number of benzene rings is 3. The minimum atomic E-state index is -0.767. The average molecular weight is 566 g/mol. The summed E-state index contributed by atoms with van der Waals surface area (Å²) < 4.78 is 5.67. The molecule has 42 heavy (non-hydrogen) atoms. The minimum Gasteiger partial charge on any atom is -0.461 e. The van der Waals surface area contributed by atoms with Gasteiger partial charge >= 0.3 is 5.97 Å². The minimum absolute atomic E-state index is 0.0715. The molecule has 1 fully saturated rings. The summed E-state index contributed by atoms with van der Waals surface area (Å²) in [6, 6.07) is 26.4. The van der Waals surface area contributed by atoms with Gasteiger partial charge in [0, 0.05) is 36.0 Å². The molecular formula is C35H39N3O4. The van der Waals surface area contributed by atoms with Gasteiger partial charge in [0.2, 0.25) is 11.8 Å². The van der Waals surface area contributed by atoms with Gasteiger partial charge in [0.25, 0.3) is 0 Å². The fraction of sp³-hybridized carbons (Fsp3) is 0.343. The van der Waals surface area contributed by atoms with Gasteiger partial charge in [-0.05, 0) is 42.0 Å². The third-order valence-corrected chi connectivity index (χ3v) is 8.11. The monoisotopic (exact) mass is 565 g/mol. The molecule has 5 rings (SSSR count). The molecule has 1 heterocycles. The van der Waals surface area contributed by atoms with E-state index in [9.17, 15) is 14.4 Å². The van der Waals surface area contributed by atoms with Crippen LogP contribution in [0.3, 0.4) is 0 Å². The van der Waals surface area contributed by atoms with E-state index < -0.39 is 12.0 Å². The summed E-state index contributed by atoms with van der Waals surface area (Å²) in [4.78, 5) is 43.4. The number of aromatic amines is 1. The quantitative estimate of drug-likeness (QED) is 0.198. The van der Waals surface area contributed by atoms with E-state index in [2.05, 4.69) is 15.6 Å². The maximum atomic E-state index is 13.7. The summed E-state index contributed by atoms with van der Waals surface area (Å²) >= 11 is 0. The number of aromatic nitrogens is 1. The van der Waals surface area contributed by atoms with E-state index in [4.69, 9.17) is 4.74 Å². The topological polar surface area (TPSA) is 100 Å². The van der Waals surface area contributed by atoms with Gasteiger partial charge in [0.15, 0.2) is 0 Å². The van der Waals surface area contributed by atoms with Crippen molar-refractivity contribution in [2.24, 2.45) is 11.8 Å². The first-order chi connectivity index (χ1) is 20.6. The number of carbonyl (C=O) groups excluding carboxylic acids is 3. The van der Waals surface area contributed by atoms with Crippen LogP contribution in [0.5, 0.6) is 0 Å². The Hall–Kier alpha value is -4.39. The van der Waals surface area contributed by atoms with E-state index in [0.717, 1.165) is 59.7 Å². The van der Waals surface area contributed by atoms with Crippen LogP contribution >= 0.6 is 0 Å². The predicted molar refractivity (Wildman–Crippen MR) is 163 cm³/mol. The SMILES string of the molecule is O=C(NC(Cc1c[nH]c2ccccc12)C(=O)NCC(Cc1ccccc1)C(=O)OCc1ccccc1)C1CCCCC1. The summed E-state index contributed by atoms with van der Waals surface area (Å²) in [6.07, 6.45) is 7.57. The second-order valence-electron chi connectivity index (χ2n) is 11.2. The molecule has 2 atom stereocenters. The fourth-order valence-corrected chi connectivity index (χ4v) is 5.72. The van der Waals surface area contributed by atoms with Crippen molar-refractivity contribution >= 4 is 28.7 Å². The van der Waals surface area contributed by atoms with Crippen LogP contribution in [0, 0.1) is 11.8 Å². The van der Waals surface area contributed by atoms with Crippen molar-refractivity contribution in [1.29, 1.82) is 0 Å². The molecule has 1 aliphatic rings. The first kappa shape index (κ1) is 29.1. The van der Waals surface area contributed by atoms with Gasteiger partial charge in [-0.3, -0.25) is 14.4 Å². The highest BCUT2D eigenvalue weighted by Crippen LogP contribution is 2.24. The lowest BCUT2D eigenvalue weighted by Gasteiger charge is -2.25. The van der Waals surface area contributed by atoms with Crippen molar-refractivity contribution in [2.45, 2.75) is 57.6 Å². The van der Waals surface area contributed by atoms with E-state index in [1.165, 1.54) is 0 Å². The van der Waals surface area contributed by atoms with Crippen molar-refractivity contribution < 1.29 is 19.1 Å². The highest BCUT2D eigenvalue weighted by atomic mass is 16.5. The van der Waals surface area contributed by atoms with Gasteiger partial charge in [-0.1, -0.05) is 98.1 Å². The number of H-pyrrole nitrogens is 1. The molecule has 1 aliphatic carbocycles. The number of rotatable bonds is 12. The van der Waals surface area contributed by atoms with E-state index in [1.54, 1.807) is 0 Å². The van der Waals surface area contributed by atoms with Gasteiger partial charge in [-0.25, -0.2) is 0 Å². The number of hydrogen-bond donors (Lipinski definition) is 3. The highest BCUT2D eigenvalue weighted by molar-refractivity contribution is 5.90. The number of para-hydroxylation sites is 1. The van der Waals surface area contributed by atoms with Gasteiger partial charge < -0.3 is 20.4 Å². The number of esters is 1. The predicted octanol–water partition coefficient (Wildman–Crippen LogP) is 5.49. The van der Waals surface area contributed by atoms with Crippen LogP contribution in [-0.4, -0.2) is 35.4 Å². The molecule has 0 radical (unpaired) electrons. The van der Waals surface area contributed by atoms with Crippen LogP contribution in [0.25, 0.3) is 10.9 Å². The van der Waals surface area contributed by atoms with Crippen LogP contribution in [0.4, 0.5) is 0 Å². The van der Waals surface area contributed by atoms with E-state index in [1.807, 2.05) is 91.1 Å². The Morgan fingerprint density at radius 3 is 2.21 bits per heavy atom. The normalized spacial score (nSPS) is 15.0. The zero-order chi connectivity index (χ0) is 29.1. The molecule has 0 spiro atoms. The Kier molecular flexibility index (Phi) is 10.0. The summed E-state index contributed by atoms with van der Waals surface area (Å²) in [5.74, 6) is -1.41. The number of amides is 2. The molecule has 4 aromatic rings. The first-order valence-corrected chi connectivity index (χ1v) is 14.9. The number of nitrogens with one attached hydrogen (secondary N) is 3. The number of ether oxygens (including phenoxy) is 1. The molecule has 0 bridgehead atoms. The van der Waals surface area contributed by atoms with Crippen LogP contribution in [0.1, 0.15) is 48.8 Å². The van der Waals surface area contributed by atoms with Crippen LogP contribution in [0.2, 0.25) is 0 Å². The summed E-state index contributed by atoms with van der Waals surface area (Å²) in [6.45, 7) is 0.268. The third kappa shape index (κ3) is 7.87. The molecule has 0 saturated heterocycles. The van der Waals surface area contributed by atoms with Crippen molar-refractivity contribution in [3.05, 3.63) is 108 Å². The Morgan fingerprint density at radius 2 is 1.48 bits per heavy atom. The largest absolute Gasteiger partial charge is 0.461 e. The maximum absolute atomic E-state index is 13.7. The summed E-state index contributed by atoms with van der Waals surface area (Å²) in [7, 11) is 0. The lowest BCUT2D eigenvalue weighted by molar-refractivity contribution is -0.150. The molecular weight excluding hydrogens is 526 g/mol. The van der Waals surface area contributed by atoms with Crippen molar-refractivity contribution in [3.63, 3.8) is 0 Å². The van der Waals surface area contributed by atoms with Crippen LogP contribution < -0.4 is 10.6 Å². The molecule has 7 nitrogen and oxygen atoms in total. The van der Waals surface area contributed by atoms with Gasteiger partial charge in [-0.15, -0.1) is 0 Å². The highest BCUT2D eigenvalue weighted by Gasteiger charge is 2.29. The molecule has 2 unspecified atom stereocenters. The average Bonchev–Trinajstić information content (AvgIpc) is 3.45. The Labute approximate surface area is 247 Å². The van der Waals surface area contributed by atoms with Crippen molar-refractivity contribution in [3.8, 4) is 0 Å². The molecule has 3 N–H and O–H groups in total. The van der Waals surface area contributed by atoms with Gasteiger partial charge in [-0.2, -0.15) is 0 Å². The van der Waals surface area contributed by atoms with Gasteiger partial charge in [0.1, 0.15) is 12.6 Å². The first-order valence-electron chi connectivity index (χ1n) is 14.9. The van der Waals surface area contributed by atoms with E-state index in [-0.39, 0.29) is 36.9 Å². The Bertz CT molecular complexity index is 1460. The maximum Gasteiger partial charge on any atom is 0.311 e. The number of hydrogen-bond acceptors (Lipinski definition) is 4. The van der Waals surface area contributed by atoms with Gasteiger partial charge in [0.05, 0.1) is 5.92 Å². The number of fused-ring (bicyclic) bond motifs is 1. The van der Waals surface area contributed by atoms with E-state index >= 15 is 0 Å². The molecule has 3 aromatic carbocycles. The lowest BCUT2D eigenvalue weighted by Crippen LogP contribution is -2.51. The Balaban J connectivity index is 1.29. The standard InChI is InChI=1S/C35H39N3O4/c39-33(27-16-8-3-9-17-27)38-32(21-28-22-36-31-19-11-10-18-30(28)31)34(40)37-23-29(20-25-12-4-1-5-13-25)35(41)42-24-26-14-6-2-7-15-26/h1-2,4-7,10-15,18-19,22,27,29,32,36H,3,8-9,16-17,20-21,23-24H2,(H,37,40)(H,38,39). The zero-order valence-corrected chi connectivity index (χ0v) is 23.9. The number of carbonyl (C=O) groups is 3. The smallest absolute Gasteiger partial charge is 0.311 e. The molecule has 7 heteroatoms. The fourth-order valence-electron chi connectivity index (χ4n) is 5.72. The summed E-state index contributed by atoms with van der Waals surface area (Å²) in [5.41, 5.74) is 3.82. The molecule has 1 saturated carbocycles. The van der Waals surface area contributed by atoms with Crippen LogP contribution in [-0.2, 0) is 38.6 Å². The Morgan fingerprint density at radius 1 is 0.810 bits per heavy atom. The van der Waals surface area contributed by atoms with E-state index in [0.29, 0.717) is 12.8 Å². The third-order valence-electron chi connectivity index (χ3n) is 8.11. The molecule has 0 aliphatic heterocycles. The van der Waals surface area contributed by atoms with Crippen LogP contribution in [0.15, 0.2) is 91.1 Å². The second-order valence-corrected chi connectivity index (χ2v) is 11.2. The zero-order valence-electron chi connectivity index (χ0n) is 23.9. The second kappa shape index (κ2) is 14.5. The molecule has 218 valence electrons. The summed E-state index contributed by atoms with van der Waals surface area (Å²) in [5, 5.41) is 7.07. The van der Waals surface area contributed by atoms with Crippen molar-refractivity contribution in [1.82, 2.24) is 15.6 Å². The van der Waals surface area contributed by atoms with Crippen molar-refractivity contribution in [2.75, 3.05) is 6.54 Å². The molecule has 2 amide bonds.